The highest BCUT2D eigenvalue weighted by Gasteiger charge is 2.60. The summed E-state index contributed by atoms with van der Waals surface area (Å²) in [5.41, 5.74) is -0.210. The lowest BCUT2D eigenvalue weighted by atomic mass is 9.73. The first kappa shape index (κ1) is 47.6. The van der Waals surface area contributed by atoms with Gasteiger partial charge in [-0.15, -0.1) is 0 Å². The van der Waals surface area contributed by atoms with E-state index in [2.05, 4.69) is 9.97 Å². The highest BCUT2D eigenvalue weighted by atomic mass is 35.5. The van der Waals surface area contributed by atoms with Crippen molar-refractivity contribution < 1.29 is 48.0 Å². The first-order chi connectivity index (χ1) is 28.2. The summed E-state index contributed by atoms with van der Waals surface area (Å²) in [7, 11) is 5.23. The number of unbranched alkanes of at least 4 members (excludes halogenated alkanes) is 1. The number of rotatable bonds is 11. The molecule has 1 N–H and O–H groups in total. The van der Waals surface area contributed by atoms with Gasteiger partial charge in [0.1, 0.15) is 29.1 Å². The molecule has 16 heteroatoms. The van der Waals surface area contributed by atoms with Gasteiger partial charge < -0.3 is 43.2 Å². The third kappa shape index (κ3) is 9.76. The average molecular weight is 860 g/mol. The molecule has 334 valence electrons. The Morgan fingerprint density at radius 3 is 2.33 bits per heavy atom. The van der Waals surface area contributed by atoms with Crippen molar-refractivity contribution in [2.75, 3.05) is 27.7 Å². The lowest BCUT2D eigenvalue weighted by Crippen LogP contribution is -2.60. The van der Waals surface area contributed by atoms with Crippen LogP contribution in [0.5, 0.6) is 0 Å². The van der Waals surface area contributed by atoms with Crippen molar-refractivity contribution in [2.24, 2.45) is 23.7 Å². The van der Waals surface area contributed by atoms with Crippen LogP contribution >= 0.6 is 11.6 Å². The van der Waals surface area contributed by atoms with Crippen molar-refractivity contribution in [3.05, 3.63) is 35.5 Å². The molecule has 2 aromatic rings. The number of methoxy groups -OCH3 is 1. The van der Waals surface area contributed by atoms with Gasteiger partial charge in [0.15, 0.2) is 17.7 Å². The van der Waals surface area contributed by atoms with Crippen molar-refractivity contribution in [1.29, 1.82) is 0 Å². The molecule has 15 nitrogen and oxygen atoms in total. The van der Waals surface area contributed by atoms with Crippen molar-refractivity contribution in [3.63, 3.8) is 0 Å². The van der Waals surface area contributed by atoms with E-state index >= 15 is 0 Å². The standard InChI is InChI=1S/C44H66ClN5O10/c1-13-33-44(9)37(50(42(55)60-44)17-15-14-16-49-22-31(47-23-49)30-18-24(2)39(45)46-21-30)27(5)34(51)25(3)20-43(8,56-12)38(28(6)35(52)29(7)40(54)58-33)59-41-36(53)32(48(10)11)19-26(4)57-41/h18,21-23,25-29,32-33,36-38,41,53H,13-17,19-20H2,1-12H3/t25-,26-,27-,28+,29-,32+,33+,36-,37-,38?,41?,43+,44-/m1/s1. The molecule has 3 fully saturated rings. The second-order valence-corrected chi connectivity index (χ2v) is 18.3. The van der Waals surface area contributed by atoms with Crippen LogP contribution in [0.15, 0.2) is 24.8 Å². The molecule has 0 aliphatic carbocycles. The molecule has 0 saturated carbocycles. The van der Waals surface area contributed by atoms with Gasteiger partial charge in [0.25, 0.3) is 0 Å². The second-order valence-electron chi connectivity index (χ2n) is 17.9. The molecule has 3 aliphatic heterocycles. The predicted octanol–water partition coefficient (Wildman–Crippen LogP) is 5.89. The number of pyridine rings is 1. The van der Waals surface area contributed by atoms with Gasteiger partial charge in [-0.25, -0.2) is 14.8 Å². The molecular formula is C44H66ClN5O10. The highest BCUT2D eigenvalue weighted by Crippen LogP contribution is 2.43. The summed E-state index contributed by atoms with van der Waals surface area (Å²) >= 11 is 6.12. The maximum atomic E-state index is 14.7. The Bertz CT molecular complexity index is 1860. The van der Waals surface area contributed by atoms with Crippen molar-refractivity contribution in [2.45, 2.75) is 155 Å². The smallest absolute Gasteiger partial charge is 0.410 e. The van der Waals surface area contributed by atoms with Gasteiger partial charge in [-0.2, -0.15) is 0 Å². The predicted molar refractivity (Wildman–Crippen MR) is 224 cm³/mol. The second kappa shape index (κ2) is 19.3. The number of aryl methyl sites for hydroxylation is 2. The van der Waals surface area contributed by atoms with Gasteiger partial charge in [-0.05, 0) is 92.4 Å². The average Bonchev–Trinajstić information content (AvgIpc) is 3.78. The van der Waals surface area contributed by atoms with E-state index < -0.39 is 83.4 Å². The van der Waals surface area contributed by atoms with E-state index in [-0.39, 0.29) is 37.3 Å². The Morgan fingerprint density at radius 2 is 1.70 bits per heavy atom. The number of halogens is 1. The molecule has 3 aliphatic rings. The maximum Gasteiger partial charge on any atom is 0.410 e. The van der Waals surface area contributed by atoms with Gasteiger partial charge >= 0.3 is 12.1 Å². The largest absolute Gasteiger partial charge is 0.458 e. The van der Waals surface area contributed by atoms with Crippen LogP contribution < -0.4 is 0 Å². The van der Waals surface area contributed by atoms with E-state index in [0.29, 0.717) is 31.0 Å². The summed E-state index contributed by atoms with van der Waals surface area (Å²) in [5.74, 6) is -5.00. The number of hydrogen-bond acceptors (Lipinski definition) is 13. The number of aliphatic hydroxyl groups is 1. The Kier molecular flexibility index (Phi) is 15.3. The number of amides is 1. The number of aliphatic hydroxyl groups excluding tert-OH is 1. The summed E-state index contributed by atoms with van der Waals surface area (Å²) in [6.07, 6.45) is 2.52. The molecule has 0 spiro atoms. The van der Waals surface area contributed by atoms with Gasteiger partial charge in [-0.1, -0.05) is 39.3 Å². The summed E-state index contributed by atoms with van der Waals surface area (Å²) in [6.45, 7) is 16.8. The van der Waals surface area contributed by atoms with E-state index in [0.717, 1.165) is 16.8 Å². The summed E-state index contributed by atoms with van der Waals surface area (Å²) in [5, 5.41) is 11.9. The lowest BCUT2D eigenvalue weighted by Gasteiger charge is -2.47. The monoisotopic (exact) mass is 859 g/mol. The summed E-state index contributed by atoms with van der Waals surface area (Å²) in [4.78, 5) is 69.2. The number of fused-ring (bicyclic) bond motifs is 1. The van der Waals surface area contributed by atoms with Gasteiger partial charge in [0, 0.05) is 62.0 Å². The van der Waals surface area contributed by atoms with Crippen molar-refractivity contribution >= 4 is 35.2 Å². The third-order valence-corrected chi connectivity index (χ3v) is 13.6. The Hall–Kier alpha value is -3.47. The Labute approximate surface area is 359 Å². The fraction of sp³-hybridized carbons (Fsp3) is 0.727. The molecule has 5 rings (SSSR count). The normalized spacial score (nSPS) is 35.9. The minimum atomic E-state index is -1.41. The number of likely N-dealkylation sites (N-methyl/N-ethyl adjacent to an activating group) is 1. The molecule has 2 aromatic heterocycles. The number of aromatic nitrogens is 3. The zero-order valence-corrected chi connectivity index (χ0v) is 38.1. The van der Waals surface area contributed by atoms with Gasteiger partial charge in [-0.3, -0.25) is 14.4 Å². The van der Waals surface area contributed by atoms with Crippen LogP contribution in [-0.2, 0) is 44.6 Å². The molecule has 60 heavy (non-hydrogen) atoms. The lowest BCUT2D eigenvalue weighted by molar-refractivity contribution is -0.295. The van der Waals surface area contributed by atoms with Crippen LogP contribution in [0.25, 0.3) is 11.3 Å². The third-order valence-electron chi connectivity index (χ3n) is 13.2. The van der Waals surface area contributed by atoms with E-state index in [9.17, 15) is 24.3 Å². The number of carbonyl (C=O) groups is 4. The quantitative estimate of drug-likeness (QED) is 0.123. The van der Waals surface area contributed by atoms with Crippen LogP contribution in [-0.4, -0.2) is 135 Å². The first-order valence-corrected chi connectivity index (χ1v) is 21.7. The molecule has 5 heterocycles. The van der Waals surface area contributed by atoms with Crippen LogP contribution in [0.4, 0.5) is 4.79 Å². The number of hydrogen-bond donors (Lipinski definition) is 1. The number of esters is 1. The minimum absolute atomic E-state index is 0.122. The van der Waals surface area contributed by atoms with Crippen LogP contribution in [0.2, 0.25) is 5.15 Å². The molecule has 2 unspecified atom stereocenters. The fourth-order valence-electron chi connectivity index (χ4n) is 9.62. The summed E-state index contributed by atoms with van der Waals surface area (Å²) < 4.78 is 33.2. The number of ether oxygens (including phenoxy) is 5. The van der Waals surface area contributed by atoms with Crippen LogP contribution in [0.3, 0.4) is 0 Å². The number of Topliss-reactive ketones (excluding diaryl/α,β-unsaturated/α-hetero) is 2. The first-order valence-electron chi connectivity index (χ1n) is 21.3. The highest BCUT2D eigenvalue weighted by molar-refractivity contribution is 6.30. The zero-order chi connectivity index (χ0) is 44.4. The van der Waals surface area contributed by atoms with Crippen molar-refractivity contribution in [1.82, 2.24) is 24.3 Å². The molecule has 1 amide bonds. The molecule has 0 radical (unpaired) electrons. The number of ketones is 2. The maximum absolute atomic E-state index is 14.7. The zero-order valence-electron chi connectivity index (χ0n) is 37.3. The number of imidazole rings is 1. The van der Waals surface area contributed by atoms with Gasteiger partial charge in [0.2, 0.25) is 0 Å². The van der Waals surface area contributed by atoms with E-state index in [1.54, 1.807) is 45.1 Å². The molecular weight excluding hydrogens is 794 g/mol. The molecule has 0 aromatic carbocycles. The van der Waals surface area contributed by atoms with E-state index in [1.807, 2.05) is 63.5 Å². The molecule has 3 saturated heterocycles. The number of cyclic esters (lactones) is 1. The fourth-order valence-corrected chi connectivity index (χ4v) is 9.72. The van der Waals surface area contributed by atoms with E-state index in [1.165, 1.54) is 14.0 Å². The number of nitrogens with zero attached hydrogens (tertiary/aromatic N) is 5. The topological polar surface area (TPSA) is 172 Å². The Morgan fingerprint density at radius 1 is 1.02 bits per heavy atom. The SMILES string of the molecule is CC[C@@H]1OC(=O)[C@H](C)C(=O)[C@H](C)C(OC2O[C@H](C)C[C@H](N(C)C)[C@H]2O)[C@@](C)(OC)C[C@@H](C)C(=O)[C@@H](C)[C@H]2N(CCCCn3cnc(-c4cnc(Cl)c(C)c4)c3)C(=O)O[C@]12C. The van der Waals surface area contributed by atoms with Crippen LogP contribution in [0.1, 0.15) is 93.1 Å². The molecule has 13 atom stereocenters. The van der Waals surface area contributed by atoms with Crippen LogP contribution in [0, 0.1) is 30.6 Å². The Balaban J connectivity index is 1.42. The number of carbonyl (C=O) groups excluding carboxylic acids is 4. The van der Waals surface area contributed by atoms with Gasteiger partial charge in [0.05, 0.1) is 35.9 Å². The minimum Gasteiger partial charge on any atom is -0.458 e. The molecule has 0 bridgehead atoms. The van der Waals surface area contributed by atoms with Crippen molar-refractivity contribution in [3.8, 4) is 11.3 Å². The summed E-state index contributed by atoms with van der Waals surface area (Å²) in [6, 6.07) is 0.850. The van der Waals surface area contributed by atoms with E-state index in [4.69, 9.17) is 35.3 Å².